The van der Waals surface area contributed by atoms with Crippen LogP contribution in [0, 0.1) is 6.92 Å². The summed E-state index contributed by atoms with van der Waals surface area (Å²) in [7, 11) is 0. The van der Waals surface area contributed by atoms with E-state index in [1.54, 1.807) is 0 Å². The molecule has 0 aliphatic heterocycles. The van der Waals surface area contributed by atoms with Gasteiger partial charge in [0.2, 0.25) is 5.91 Å². The first-order valence-corrected chi connectivity index (χ1v) is 9.44. The number of rotatable bonds is 6. The van der Waals surface area contributed by atoms with E-state index in [1.807, 2.05) is 69.3 Å². The first kappa shape index (κ1) is 18.2. The number of carbonyl (C=O) groups excluding carboxylic acids is 1. The summed E-state index contributed by atoms with van der Waals surface area (Å²) in [6.45, 7) is 5.85. The molecule has 0 saturated carbocycles. The maximum atomic E-state index is 12.0. The standard InChI is InChI=1S/C20H21N3O2S/c1-13(2)21-18(24)12-26-20-19(25-17-11-7-4-8-14(17)3)22-15-9-5-6-10-16(15)23-20/h4-11,13H,12H2,1-3H3,(H,21,24). The number of thioether (sulfide) groups is 1. The molecule has 2 aromatic carbocycles. The lowest BCUT2D eigenvalue weighted by molar-refractivity contribution is -0.119. The number of nitrogens with zero attached hydrogens (tertiary/aromatic N) is 2. The minimum absolute atomic E-state index is 0.0400. The minimum Gasteiger partial charge on any atom is -0.436 e. The van der Waals surface area contributed by atoms with Gasteiger partial charge in [0, 0.05) is 6.04 Å². The molecule has 3 rings (SSSR count). The lowest BCUT2D eigenvalue weighted by atomic mass is 10.2. The van der Waals surface area contributed by atoms with Crippen molar-refractivity contribution in [1.82, 2.24) is 15.3 Å². The average Bonchev–Trinajstić information content (AvgIpc) is 2.61. The summed E-state index contributed by atoms with van der Waals surface area (Å²) in [5.74, 6) is 1.36. The van der Waals surface area contributed by atoms with Crippen molar-refractivity contribution in [2.45, 2.75) is 31.8 Å². The van der Waals surface area contributed by atoms with Crippen molar-refractivity contribution in [3.05, 3.63) is 54.1 Å². The number of hydrogen-bond donors (Lipinski definition) is 1. The van der Waals surface area contributed by atoms with E-state index in [2.05, 4.69) is 15.3 Å². The van der Waals surface area contributed by atoms with Crippen LogP contribution in [0.5, 0.6) is 11.6 Å². The summed E-state index contributed by atoms with van der Waals surface area (Å²) >= 11 is 1.33. The lowest BCUT2D eigenvalue weighted by Crippen LogP contribution is -2.31. The number of carbonyl (C=O) groups is 1. The van der Waals surface area contributed by atoms with E-state index >= 15 is 0 Å². The van der Waals surface area contributed by atoms with Gasteiger partial charge in [0.05, 0.1) is 16.8 Å². The molecule has 0 saturated heterocycles. The minimum atomic E-state index is -0.0400. The predicted octanol–water partition coefficient (Wildman–Crippen LogP) is 4.35. The summed E-state index contributed by atoms with van der Waals surface area (Å²) in [5.41, 5.74) is 2.54. The molecule has 0 atom stereocenters. The summed E-state index contributed by atoms with van der Waals surface area (Å²) in [6, 6.07) is 15.5. The third-order valence-electron chi connectivity index (χ3n) is 3.60. The van der Waals surface area contributed by atoms with Gasteiger partial charge >= 0.3 is 0 Å². The van der Waals surface area contributed by atoms with Gasteiger partial charge in [0.15, 0.2) is 5.03 Å². The maximum absolute atomic E-state index is 12.0. The molecule has 0 spiro atoms. The molecular formula is C20H21N3O2S. The van der Waals surface area contributed by atoms with Gasteiger partial charge in [0.1, 0.15) is 5.75 Å². The van der Waals surface area contributed by atoms with Gasteiger partial charge in [-0.2, -0.15) is 0 Å². The Morgan fingerprint density at radius 1 is 1.08 bits per heavy atom. The molecule has 0 bridgehead atoms. The molecule has 0 unspecified atom stereocenters. The van der Waals surface area contributed by atoms with Crippen molar-refractivity contribution in [3.63, 3.8) is 0 Å². The first-order valence-electron chi connectivity index (χ1n) is 8.45. The molecule has 1 N–H and O–H groups in total. The van der Waals surface area contributed by atoms with Crippen molar-refractivity contribution >= 4 is 28.7 Å². The van der Waals surface area contributed by atoms with Gasteiger partial charge in [-0.3, -0.25) is 4.79 Å². The first-order chi connectivity index (χ1) is 12.5. The Balaban J connectivity index is 1.91. The SMILES string of the molecule is Cc1ccccc1Oc1nc2ccccc2nc1SCC(=O)NC(C)C. The molecule has 3 aromatic rings. The normalized spacial score (nSPS) is 10.9. The van der Waals surface area contributed by atoms with Crippen molar-refractivity contribution < 1.29 is 9.53 Å². The lowest BCUT2D eigenvalue weighted by Gasteiger charge is -2.12. The van der Waals surface area contributed by atoms with Crippen molar-refractivity contribution in [1.29, 1.82) is 0 Å². The number of fused-ring (bicyclic) bond motifs is 1. The van der Waals surface area contributed by atoms with Crippen LogP contribution in [0.25, 0.3) is 11.0 Å². The van der Waals surface area contributed by atoms with Gasteiger partial charge in [-0.15, -0.1) is 0 Å². The number of aromatic nitrogens is 2. The topological polar surface area (TPSA) is 64.1 Å². The van der Waals surface area contributed by atoms with Crippen molar-refractivity contribution in [2.75, 3.05) is 5.75 Å². The number of benzene rings is 2. The Kier molecular flexibility index (Phi) is 5.73. The van der Waals surface area contributed by atoms with E-state index in [4.69, 9.17) is 4.74 Å². The second-order valence-corrected chi connectivity index (χ2v) is 7.17. The number of amides is 1. The Morgan fingerprint density at radius 3 is 2.42 bits per heavy atom. The molecule has 0 aliphatic rings. The average molecular weight is 367 g/mol. The number of hydrogen-bond acceptors (Lipinski definition) is 5. The molecule has 5 nitrogen and oxygen atoms in total. The van der Waals surface area contributed by atoms with E-state index in [0.29, 0.717) is 10.9 Å². The van der Waals surface area contributed by atoms with Crippen LogP contribution in [0.2, 0.25) is 0 Å². The molecule has 6 heteroatoms. The number of ether oxygens (including phenoxy) is 1. The Labute approximate surface area is 157 Å². The molecule has 0 radical (unpaired) electrons. The number of aryl methyl sites for hydroxylation is 1. The highest BCUT2D eigenvalue weighted by Gasteiger charge is 2.15. The van der Waals surface area contributed by atoms with E-state index in [1.165, 1.54) is 11.8 Å². The summed E-state index contributed by atoms with van der Waals surface area (Å²) in [5, 5.41) is 3.48. The van der Waals surface area contributed by atoms with Crippen LogP contribution < -0.4 is 10.1 Å². The number of nitrogens with one attached hydrogen (secondary N) is 1. The highest BCUT2D eigenvalue weighted by atomic mass is 32.2. The molecular weight excluding hydrogens is 346 g/mol. The Morgan fingerprint density at radius 2 is 1.73 bits per heavy atom. The number of para-hydroxylation sites is 3. The second-order valence-electron chi connectivity index (χ2n) is 6.20. The van der Waals surface area contributed by atoms with Gasteiger partial charge in [-0.25, -0.2) is 9.97 Å². The third-order valence-corrected chi connectivity index (χ3v) is 4.54. The van der Waals surface area contributed by atoms with Crippen LogP contribution in [-0.4, -0.2) is 27.7 Å². The van der Waals surface area contributed by atoms with Gasteiger partial charge in [0.25, 0.3) is 5.88 Å². The third kappa shape index (κ3) is 4.52. The molecule has 26 heavy (non-hydrogen) atoms. The van der Waals surface area contributed by atoms with Crippen molar-refractivity contribution in [3.8, 4) is 11.6 Å². The van der Waals surface area contributed by atoms with E-state index in [9.17, 15) is 4.79 Å². The van der Waals surface area contributed by atoms with Crippen LogP contribution >= 0.6 is 11.8 Å². The summed E-state index contributed by atoms with van der Waals surface area (Å²) in [6.07, 6.45) is 0. The van der Waals surface area contributed by atoms with Gasteiger partial charge < -0.3 is 10.1 Å². The van der Waals surface area contributed by atoms with E-state index in [0.717, 1.165) is 22.3 Å². The van der Waals surface area contributed by atoms with Crippen LogP contribution in [-0.2, 0) is 4.79 Å². The van der Waals surface area contributed by atoms with Crippen LogP contribution in [0.1, 0.15) is 19.4 Å². The molecule has 0 aliphatic carbocycles. The highest BCUT2D eigenvalue weighted by molar-refractivity contribution is 8.00. The molecule has 1 heterocycles. The fourth-order valence-electron chi connectivity index (χ4n) is 2.40. The molecule has 1 amide bonds. The van der Waals surface area contributed by atoms with Crippen LogP contribution in [0.3, 0.4) is 0 Å². The molecule has 134 valence electrons. The quantitative estimate of drug-likeness (QED) is 0.656. The van der Waals surface area contributed by atoms with Crippen molar-refractivity contribution in [2.24, 2.45) is 0 Å². The van der Waals surface area contributed by atoms with E-state index in [-0.39, 0.29) is 17.7 Å². The van der Waals surface area contributed by atoms with E-state index < -0.39 is 0 Å². The second kappa shape index (κ2) is 8.19. The molecule has 0 fully saturated rings. The Bertz CT molecular complexity index is 928. The van der Waals surface area contributed by atoms with Crippen LogP contribution in [0.15, 0.2) is 53.6 Å². The zero-order valence-electron chi connectivity index (χ0n) is 15.0. The van der Waals surface area contributed by atoms with Gasteiger partial charge in [-0.1, -0.05) is 42.1 Å². The smallest absolute Gasteiger partial charge is 0.252 e. The van der Waals surface area contributed by atoms with Gasteiger partial charge in [-0.05, 0) is 44.5 Å². The monoisotopic (exact) mass is 367 g/mol. The summed E-state index contributed by atoms with van der Waals surface area (Å²) < 4.78 is 6.04. The predicted molar refractivity (Wildman–Crippen MR) is 105 cm³/mol. The highest BCUT2D eigenvalue weighted by Crippen LogP contribution is 2.32. The molecule has 1 aromatic heterocycles. The zero-order valence-corrected chi connectivity index (χ0v) is 15.8. The fourth-order valence-corrected chi connectivity index (χ4v) is 3.13. The Hall–Kier alpha value is -2.60. The maximum Gasteiger partial charge on any atom is 0.252 e. The zero-order chi connectivity index (χ0) is 18.5. The fraction of sp³-hybridized carbons (Fsp3) is 0.250. The summed E-state index contributed by atoms with van der Waals surface area (Å²) in [4.78, 5) is 21.3. The largest absolute Gasteiger partial charge is 0.436 e. The van der Waals surface area contributed by atoms with Crippen LogP contribution in [0.4, 0.5) is 0 Å².